The second-order valence-corrected chi connectivity index (χ2v) is 4.50. The van der Waals surface area contributed by atoms with E-state index in [1.165, 1.54) is 12.8 Å². The van der Waals surface area contributed by atoms with Crippen LogP contribution in [0.2, 0.25) is 0 Å². The molecule has 0 amide bonds. The number of rotatable bonds is 3. The number of aromatic nitrogens is 2. The van der Waals surface area contributed by atoms with Crippen LogP contribution >= 0.6 is 0 Å². The molecule has 1 fully saturated rings. The third kappa shape index (κ3) is 1.95. The summed E-state index contributed by atoms with van der Waals surface area (Å²) >= 11 is 0. The molecule has 2 N–H and O–H groups in total. The van der Waals surface area contributed by atoms with E-state index in [0.717, 1.165) is 17.6 Å². The van der Waals surface area contributed by atoms with Crippen LogP contribution in [0.1, 0.15) is 44.3 Å². The second kappa shape index (κ2) is 3.69. The van der Waals surface area contributed by atoms with Crippen LogP contribution in [-0.4, -0.2) is 16.2 Å². The molecule has 2 rings (SSSR count). The highest BCUT2D eigenvalue weighted by molar-refractivity contribution is 5.00. The standard InChI is InChI=1S/C10H17N3O/c1-6-3-8(4-6)10-12-9(13-14-10)5-7(2)11/h6-8H,3-5,11H2,1-2H3. The van der Waals surface area contributed by atoms with Gasteiger partial charge in [0.25, 0.3) is 0 Å². The van der Waals surface area contributed by atoms with Crippen molar-refractivity contribution in [3.05, 3.63) is 11.7 Å². The van der Waals surface area contributed by atoms with Crippen LogP contribution in [0.25, 0.3) is 0 Å². The van der Waals surface area contributed by atoms with Gasteiger partial charge in [-0.1, -0.05) is 12.1 Å². The van der Waals surface area contributed by atoms with Gasteiger partial charge in [0.1, 0.15) is 0 Å². The highest BCUT2D eigenvalue weighted by atomic mass is 16.5. The average Bonchev–Trinajstić information content (AvgIpc) is 2.46. The first-order chi connectivity index (χ1) is 6.65. The third-order valence-electron chi connectivity index (χ3n) is 2.71. The summed E-state index contributed by atoms with van der Waals surface area (Å²) in [5.41, 5.74) is 5.66. The molecular weight excluding hydrogens is 178 g/mol. The molecule has 1 aromatic heterocycles. The largest absolute Gasteiger partial charge is 0.339 e. The molecule has 4 nitrogen and oxygen atoms in total. The van der Waals surface area contributed by atoms with E-state index in [1.54, 1.807) is 0 Å². The predicted molar refractivity (Wildman–Crippen MR) is 52.8 cm³/mol. The minimum Gasteiger partial charge on any atom is -0.339 e. The van der Waals surface area contributed by atoms with E-state index in [0.29, 0.717) is 12.3 Å². The van der Waals surface area contributed by atoms with E-state index in [9.17, 15) is 0 Å². The van der Waals surface area contributed by atoms with Gasteiger partial charge in [0, 0.05) is 18.4 Å². The molecule has 4 heteroatoms. The lowest BCUT2D eigenvalue weighted by Gasteiger charge is -2.29. The summed E-state index contributed by atoms with van der Waals surface area (Å²) in [6.45, 7) is 4.19. The summed E-state index contributed by atoms with van der Waals surface area (Å²) in [5, 5.41) is 3.92. The molecule has 0 saturated heterocycles. The van der Waals surface area contributed by atoms with Crippen LogP contribution in [-0.2, 0) is 6.42 Å². The minimum absolute atomic E-state index is 0.0979. The molecule has 0 aromatic carbocycles. The summed E-state index contributed by atoms with van der Waals surface area (Å²) < 4.78 is 5.20. The first-order valence-corrected chi connectivity index (χ1v) is 5.23. The molecule has 0 aliphatic heterocycles. The first kappa shape index (κ1) is 9.65. The van der Waals surface area contributed by atoms with Crippen molar-refractivity contribution in [1.82, 2.24) is 10.1 Å². The maximum atomic E-state index is 5.66. The average molecular weight is 195 g/mol. The van der Waals surface area contributed by atoms with Gasteiger partial charge >= 0.3 is 0 Å². The van der Waals surface area contributed by atoms with E-state index < -0.39 is 0 Å². The lowest BCUT2D eigenvalue weighted by Crippen LogP contribution is -2.20. The Hall–Kier alpha value is -0.900. The number of hydrogen-bond acceptors (Lipinski definition) is 4. The molecule has 0 spiro atoms. The van der Waals surface area contributed by atoms with Crippen LogP contribution in [0.5, 0.6) is 0 Å². The minimum atomic E-state index is 0.0979. The van der Waals surface area contributed by atoms with E-state index in [-0.39, 0.29) is 6.04 Å². The zero-order valence-corrected chi connectivity index (χ0v) is 8.73. The Balaban J connectivity index is 1.96. The predicted octanol–water partition coefficient (Wildman–Crippen LogP) is 1.47. The van der Waals surface area contributed by atoms with Crippen molar-refractivity contribution < 1.29 is 4.52 Å². The maximum absolute atomic E-state index is 5.66. The zero-order chi connectivity index (χ0) is 10.1. The van der Waals surface area contributed by atoms with Crippen molar-refractivity contribution in [2.75, 3.05) is 0 Å². The fourth-order valence-electron chi connectivity index (χ4n) is 1.91. The van der Waals surface area contributed by atoms with Crippen LogP contribution in [0, 0.1) is 5.92 Å². The molecule has 1 aliphatic carbocycles. The Morgan fingerprint density at radius 3 is 2.86 bits per heavy atom. The van der Waals surface area contributed by atoms with E-state index in [1.807, 2.05) is 6.92 Å². The Labute approximate surface area is 83.9 Å². The van der Waals surface area contributed by atoms with E-state index in [4.69, 9.17) is 10.3 Å². The molecule has 14 heavy (non-hydrogen) atoms. The maximum Gasteiger partial charge on any atom is 0.229 e. The van der Waals surface area contributed by atoms with Gasteiger partial charge < -0.3 is 10.3 Å². The topological polar surface area (TPSA) is 64.9 Å². The Bertz CT molecular complexity index is 302. The van der Waals surface area contributed by atoms with Crippen molar-refractivity contribution in [3.8, 4) is 0 Å². The molecule has 1 saturated carbocycles. The van der Waals surface area contributed by atoms with Crippen LogP contribution in [0.3, 0.4) is 0 Å². The number of hydrogen-bond donors (Lipinski definition) is 1. The van der Waals surface area contributed by atoms with Gasteiger partial charge in [0.05, 0.1) is 0 Å². The quantitative estimate of drug-likeness (QED) is 0.793. The normalized spacial score (nSPS) is 28.5. The van der Waals surface area contributed by atoms with Crippen molar-refractivity contribution in [2.45, 2.75) is 45.1 Å². The fraction of sp³-hybridized carbons (Fsp3) is 0.800. The summed E-state index contributed by atoms with van der Waals surface area (Å²) in [6, 6.07) is 0.0979. The van der Waals surface area contributed by atoms with Gasteiger partial charge in [-0.3, -0.25) is 0 Å². The summed E-state index contributed by atoms with van der Waals surface area (Å²) in [7, 11) is 0. The zero-order valence-electron chi connectivity index (χ0n) is 8.73. The summed E-state index contributed by atoms with van der Waals surface area (Å²) in [6.07, 6.45) is 3.06. The van der Waals surface area contributed by atoms with E-state index >= 15 is 0 Å². The Kier molecular flexibility index (Phi) is 2.54. The fourth-order valence-corrected chi connectivity index (χ4v) is 1.91. The molecule has 1 aliphatic rings. The number of nitrogens with zero attached hydrogens (tertiary/aromatic N) is 2. The monoisotopic (exact) mass is 195 g/mol. The molecule has 1 heterocycles. The van der Waals surface area contributed by atoms with Crippen molar-refractivity contribution in [3.63, 3.8) is 0 Å². The summed E-state index contributed by atoms with van der Waals surface area (Å²) in [5.74, 6) is 2.86. The lowest BCUT2D eigenvalue weighted by molar-refractivity contribution is 0.227. The van der Waals surface area contributed by atoms with Crippen molar-refractivity contribution in [1.29, 1.82) is 0 Å². The highest BCUT2D eigenvalue weighted by Crippen LogP contribution is 2.40. The second-order valence-electron chi connectivity index (χ2n) is 4.50. The Morgan fingerprint density at radius 1 is 1.57 bits per heavy atom. The van der Waals surface area contributed by atoms with Crippen molar-refractivity contribution in [2.24, 2.45) is 11.7 Å². The highest BCUT2D eigenvalue weighted by Gasteiger charge is 2.31. The smallest absolute Gasteiger partial charge is 0.229 e. The van der Waals surface area contributed by atoms with Crippen LogP contribution < -0.4 is 5.73 Å². The molecule has 0 bridgehead atoms. The SMILES string of the molecule is CC(N)Cc1noc(C2CC(C)C2)n1. The molecule has 1 aromatic rings. The van der Waals surface area contributed by atoms with Gasteiger partial charge in [0.15, 0.2) is 5.82 Å². The van der Waals surface area contributed by atoms with Crippen LogP contribution in [0.15, 0.2) is 4.52 Å². The molecule has 1 unspecified atom stereocenters. The molecular formula is C10H17N3O. The van der Waals surface area contributed by atoms with Gasteiger partial charge in [-0.15, -0.1) is 0 Å². The van der Waals surface area contributed by atoms with E-state index in [2.05, 4.69) is 17.1 Å². The third-order valence-corrected chi connectivity index (χ3v) is 2.71. The molecule has 1 atom stereocenters. The van der Waals surface area contributed by atoms with Crippen molar-refractivity contribution >= 4 is 0 Å². The summed E-state index contributed by atoms with van der Waals surface area (Å²) in [4.78, 5) is 4.35. The van der Waals surface area contributed by atoms with Gasteiger partial charge in [-0.25, -0.2) is 0 Å². The van der Waals surface area contributed by atoms with Gasteiger partial charge in [-0.2, -0.15) is 4.98 Å². The van der Waals surface area contributed by atoms with Gasteiger partial charge in [0.2, 0.25) is 5.89 Å². The molecule has 78 valence electrons. The number of nitrogens with two attached hydrogens (primary N) is 1. The van der Waals surface area contributed by atoms with Crippen LogP contribution in [0.4, 0.5) is 0 Å². The molecule has 0 radical (unpaired) electrons. The lowest BCUT2D eigenvalue weighted by atomic mass is 9.76. The Morgan fingerprint density at radius 2 is 2.29 bits per heavy atom. The first-order valence-electron chi connectivity index (χ1n) is 5.23. The van der Waals surface area contributed by atoms with Gasteiger partial charge in [-0.05, 0) is 25.7 Å².